The van der Waals surface area contributed by atoms with E-state index in [2.05, 4.69) is 48.1 Å². The van der Waals surface area contributed by atoms with Gasteiger partial charge < -0.3 is 23.7 Å². The van der Waals surface area contributed by atoms with Crippen LogP contribution in [0.15, 0.2) is 30.4 Å². The van der Waals surface area contributed by atoms with Crippen LogP contribution in [0.1, 0.15) is 58.8 Å². The molecule has 0 saturated heterocycles. The van der Waals surface area contributed by atoms with Crippen LogP contribution >= 0.6 is 0 Å². The first kappa shape index (κ1) is 24.5. The van der Waals surface area contributed by atoms with Crippen molar-refractivity contribution >= 4 is 20.4 Å². The van der Waals surface area contributed by atoms with Gasteiger partial charge in [0.25, 0.3) is 0 Å². The number of ether oxygens (including phenoxy) is 3. The van der Waals surface area contributed by atoms with E-state index in [1.165, 1.54) is 0 Å². The Morgan fingerprint density at radius 3 is 2.28 bits per heavy atom. The Morgan fingerprint density at radius 2 is 1.75 bits per heavy atom. The lowest BCUT2D eigenvalue weighted by Gasteiger charge is -2.44. The molecule has 2 atom stereocenters. The molecule has 0 saturated carbocycles. The zero-order valence-electron chi connectivity index (χ0n) is 20.0. The van der Waals surface area contributed by atoms with Gasteiger partial charge in [0.1, 0.15) is 0 Å². The van der Waals surface area contributed by atoms with Gasteiger partial charge in [-0.05, 0) is 46.0 Å². The summed E-state index contributed by atoms with van der Waals surface area (Å²) in [5, 5.41) is 10.1. The Bertz CT molecular complexity index is 867. The highest BCUT2D eigenvalue weighted by atomic mass is 28.4. The summed E-state index contributed by atoms with van der Waals surface area (Å²) in [6.07, 6.45) is 2.93. The molecule has 32 heavy (non-hydrogen) atoms. The van der Waals surface area contributed by atoms with E-state index in [-0.39, 0.29) is 6.79 Å². The smallest absolute Gasteiger partial charge is 0.332 e. The van der Waals surface area contributed by atoms with Crippen LogP contribution in [0.5, 0.6) is 11.5 Å². The van der Waals surface area contributed by atoms with Gasteiger partial charge in [-0.3, -0.25) is 0 Å². The number of fused-ring (bicyclic) bond motifs is 2. The predicted octanol–water partition coefficient (Wildman–Crippen LogP) is 5.95. The molecule has 1 aromatic rings. The Kier molecular flexibility index (Phi) is 7.52. The number of benzene rings is 1. The van der Waals surface area contributed by atoms with Crippen molar-refractivity contribution < 1.29 is 28.5 Å². The summed E-state index contributed by atoms with van der Waals surface area (Å²) in [7, 11) is -2.19. The lowest BCUT2D eigenvalue weighted by Crippen LogP contribution is -2.49. The van der Waals surface area contributed by atoms with Crippen molar-refractivity contribution in [2.24, 2.45) is 5.92 Å². The highest BCUT2D eigenvalue weighted by Crippen LogP contribution is 2.47. The van der Waals surface area contributed by atoms with Crippen LogP contribution < -0.4 is 9.47 Å². The third-order valence-electron chi connectivity index (χ3n) is 6.82. The first-order valence-corrected chi connectivity index (χ1v) is 13.5. The van der Waals surface area contributed by atoms with Crippen molar-refractivity contribution in [2.75, 3.05) is 20.0 Å². The van der Waals surface area contributed by atoms with Crippen molar-refractivity contribution in [3.63, 3.8) is 0 Å². The average Bonchev–Trinajstić information content (AvgIpc) is 3.17. The summed E-state index contributed by atoms with van der Waals surface area (Å²) in [6, 6.07) is 3.74. The highest BCUT2D eigenvalue weighted by molar-refractivity contribution is 6.77. The summed E-state index contributed by atoms with van der Waals surface area (Å²) in [5.41, 5.74) is 3.16. The van der Waals surface area contributed by atoms with Crippen LogP contribution in [0.3, 0.4) is 0 Å². The zero-order valence-corrected chi connectivity index (χ0v) is 21.0. The Morgan fingerprint density at radius 1 is 1.16 bits per heavy atom. The van der Waals surface area contributed by atoms with Gasteiger partial charge in [0.05, 0.1) is 12.7 Å². The van der Waals surface area contributed by atoms with Crippen LogP contribution in [-0.2, 0) is 14.0 Å². The molecular weight excluding hydrogens is 424 g/mol. The van der Waals surface area contributed by atoms with Crippen LogP contribution in [0.25, 0.3) is 6.08 Å². The fourth-order valence-corrected chi connectivity index (χ4v) is 11.0. The fraction of sp³-hybridized carbons (Fsp3) is 0.560. The molecule has 0 fully saturated rings. The van der Waals surface area contributed by atoms with Crippen LogP contribution in [-0.4, -0.2) is 39.4 Å². The van der Waals surface area contributed by atoms with Gasteiger partial charge >= 0.3 is 5.97 Å². The van der Waals surface area contributed by atoms with Crippen molar-refractivity contribution in [3.05, 3.63) is 41.5 Å². The Balaban J connectivity index is 2.04. The van der Waals surface area contributed by atoms with Crippen molar-refractivity contribution in [1.29, 1.82) is 0 Å². The fourth-order valence-electron chi connectivity index (χ4n) is 5.51. The van der Waals surface area contributed by atoms with Gasteiger partial charge in [-0.25, -0.2) is 4.79 Å². The van der Waals surface area contributed by atoms with Crippen molar-refractivity contribution in [2.45, 2.75) is 64.3 Å². The maximum atomic E-state index is 12.3. The van der Waals surface area contributed by atoms with E-state index >= 15 is 0 Å². The van der Waals surface area contributed by atoms with Crippen LogP contribution in [0, 0.1) is 5.92 Å². The molecule has 7 heteroatoms. The summed E-state index contributed by atoms with van der Waals surface area (Å²) in [5.74, 6) is -0.130. The minimum Gasteiger partial charge on any atom is -0.478 e. The molecule has 1 aromatic carbocycles. The molecular formula is C25H36O6Si. The number of carbonyl (C=O) groups is 1. The molecule has 0 amide bonds. The third-order valence-corrected chi connectivity index (χ3v) is 12.9. The third kappa shape index (κ3) is 4.38. The summed E-state index contributed by atoms with van der Waals surface area (Å²) in [4.78, 5) is 12.3. The largest absolute Gasteiger partial charge is 0.478 e. The molecule has 2 aliphatic rings. The molecule has 3 rings (SSSR count). The number of carboxylic acid groups (broad SMARTS) is 1. The molecule has 6 nitrogen and oxygen atoms in total. The Labute approximate surface area is 192 Å². The first-order valence-electron chi connectivity index (χ1n) is 11.4. The second kappa shape index (κ2) is 9.81. The number of aliphatic carboxylic acids is 1. The molecule has 0 spiro atoms. The summed E-state index contributed by atoms with van der Waals surface area (Å²) in [6.45, 7) is 17.9. The van der Waals surface area contributed by atoms with E-state index in [9.17, 15) is 9.90 Å². The quantitative estimate of drug-likeness (QED) is 0.344. The maximum absolute atomic E-state index is 12.3. The van der Waals surface area contributed by atoms with Crippen LogP contribution in [0.2, 0.25) is 16.6 Å². The van der Waals surface area contributed by atoms with E-state index in [1.807, 2.05) is 12.1 Å². The zero-order chi connectivity index (χ0) is 23.6. The molecule has 1 aliphatic heterocycles. The van der Waals surface area contributed by atoms with E-state index < -0.39 is 26.3 Å². The summed E-state index contributed by atoms with van der Waals surface area (Å²) < 4.78 is 24.1. The number of carboxylic acids is 1. The molecule has 1 aliphatic carbocycles. The highest BCUT2D eigenvalue weighted by Gasteiger charge is 2.47. The molecule has 0 radical (unpaired) electrons. The molecule has 0 bridgehead atoms. The molecule has 176 valence electrons. The minimum atomic E-state index is -2.19. The average molecular weight is 461 g/mol. The van der Waals surface area contributed by atoms with Gasteiger partial charge in [-0.2, -0.15) is 0 Å². The van der Waals surface area contributed by atoms with E-state index in [0.717, 1.165) is 11.1 Å². The second-order valence-corrected chi connectivity index (χ2v) is 15.0. The summed E-state index contributed by atoms with van der Waals surface area (Å²) >= 11 is 0. The lowest BCUT2D eigenvalue weighted by atomic mass is 9.81. The van der Waals surface area contributed by atoms with Crippen molar-refractivity contribution in [3.8, 4) is 11.5 Å². The van der Waals surface area contributed by atoms with E-state index in [4.69, 9.17) is 18.6 Å². The molecule has 0 unspecified atom stereocenters. The second-order valence-electron chi connectivity index (χ2n) is 9.52. The number of hydrogen-bond acceptors (Lipinski definition) is 5. The molecule has 1 N–H and O–H groups in total. The van der Waals surface area contributed by atoms with Crippen molar-refractivity contribution in [1.82, 2.24) is 0 Å². The minimum absolute atomic E-state index is 0.156. The lowest BCUT2D eigenvalue weighted by molar-refractivity contribution is -0.134. The SMILES string of the molecule is C=CCO[C@H]1c2cc3c(cc2C=C(C(=O)O)[C@@H]1CO[Si](C(C)C)(C(C)C)C(C)C)OCO3. The standard InChI is InChI=1S/C25H36O6Si/c1-8-9-28-24-19-12-23-22(29-14-30-23)11-18(19)10-20(25(26)27)21(24)13-31-32(15(2)3,16(4)5)17(6)7/h8,10-12,15-17,21,24H,1,9,13-14H2,2-7H3,(H,26,27)/t21-,24-/m0/s1. The molecule has 1 heterocycles. The van der Waals surface area contributed by atoms with Gasteiger partial charge in [-0.1, -0.05) is 47.6 Å². The molecule has 0 aromatic heterocycles. The normalized spacial score (nSPS) is 20.0. The monoisotopic (exact) mass is 460 g/mol. The van der Waals surface area contributed by atoms with Crippen LogP contribution in [0.4, 0.5) is 0 Å². The number of hydrogen-bond donors (Lipinski definition) is 1. The first-order chi connectivity index (χ1) is 15.1. The van der Waals surface area contributed by atoms with Gasteiger partial charge in [0, 0.05) is 18.1 Å². The maximum Gasteiger partial charge on any atom is 0.332 e. The topological polar surface area (TPSA) is 74.2 Å². The van der Waals surface area contributed by atoms with E-state index in [0.29, 0.717) is 46.9 Å². The predicted molar refractivity (Wildman–Crippen MR) is 128 cm³/mol. The van der Waals surface area contributed by atoms with Gasteiger partial charge in [0.2, 0.25) is 6.79 Å². The number of rotatable bonds is 10. The van der Waals surface area contributed by atoms with Gasteiger partial charge in [0.15, 0.2) is 19.8 Å². The van der Waals surface area contributed by atoms with Gasteiger partial charge in [-0.15, -0.1) is 6.58 Å². The van der Waals surface area contributed by atoms with E-state index in [1.54, 1.807) is 12.2 Å². The Hall–Kier alpha value is -2.09.